The van der Waals surface area contributed by atoms with E-state index in [0.29, 0.717) is 5.69 Å². The lowest BCUT2D eigenvalue weighted by Gasteiger charge is -2.38. The smallest absolute Gasteiger partial charge is 0.338 e. The number of amides is 2. The van der Waals surface area contributed by atoms with Gasteiger partial charge in [0, 0.05) is 17.8 Å². The summed E-state index contributed by atoms with van der Waals surface area (Å²) >= 11 is 0. The maximum Gasteiger partial charge on any atom is 0.338 e. The molecule has 0 saturated carbocycles. The summed E-state index contributed by atoms with van der Waals surface area (Å²) in [5.74, 6) is -1.03. The van der Waals surface area contributed by atoms with Crippen LogP contribution in [-0.2, 0) is 9.53 Å². The number of carbonyl (C=O) groups is 3. The Bertz CT molecular complexity index is 881. The van der Waals surface area contributed by atoms with E-state index in [1.807, 2.05) is 20.8 Å². The minimum absolute atomic E-state index is 0.146. The highest BCUT2D eigenvalue weighted by Gasteiger charge is 2.29. The van der Waals surface area contributed by atoms with E-state index in [4.69, 9.17) is 9.15 Å². The van der Waals surface area contributed by atoms with Crippen molar-refractivity contribution in [3.05, 3.63) is 53.5 Å². The molecule has 1 aromatic heterocycles. The number of esters is 1. The van der Waals surface area contributed by atoms with Gasteiger partial charge in [-0.25, -0.2) is 4.79 Å². The standard InChI is InChI=1S/C22H26N2O5/c1-14-9-10-17(12-18(14)23-21(26)19-8-5-11-28-19)22(27)29-13-20(25)24-15(2)6-4-7-16(24)3/h5,8-12,15-16H,4,6-7,13H2,1-3H3,(H,23,26)/t15-,16-/m1/s1. The molecular formula is C22H26N2O5. The van der Waals surface area contributed by atoms with Gasteiger partial charge < -0.3 is 19.4 Å². The molecule has 1 fully saturated rings. The fourth-order valence-corrected chi connectivity index (χ4v) is 3.67. The first kappa shape index (κ1) is 20.6. The van der Waals surface area contributed by atoms with Crippen molar-refractivity contribution in [3.63, 3.8) is 0 Å². The monoisotopic (exact) mass is 398 g/mol. The van der Waals surface area contributed by atoms with Crippen molar-refractivity contribution in [2.75, 3.05) is 11.9 Å². The first-order chi connectivity index (χ1) is 13.9. The average molecular weight is 398 g/mol. The van der Waals surface area contributed by atoms with Crippen LogP contribution in [0.3, 0.4) is 0 Å². The number of furan rings is 1. The Morgan fingerprint density at radius 3 is 2.55 bits per heavy atom. The maximum atomic E-state index is 12.5. The number of nitrogens with one attached hydrogen (secondary N) is 1. The number of nitrogens with zero attached hydrogens (tertiary/aromatic N) is 1. The molecule has 0 spiro atoms. The summed E-state index contributed by atoms with van der Waals surface area (Å²) in [6.07, 6.45) is 4.43. The zero-order valence-electron chi connectivity index (χ0n) is 16.9. The van der Waals surface area contributed by atoms with Crippen molar-refractivity contribution in [3.8, 4) is 0 Å². The molecule has 0 radical (unpaired) electrons. The molecule has 2 aromatic rings. The van der Waals surface area contributed by atoms with Gasteiger partial charge in [-0.2, -0.15) is 0 Å². The molecule has 2 heterocycles. The summed E-state index contributed by atoms with van der Waals surface area (Å²) in [5, 5.41) is 2.72. The van der Waals surface area contributed by atoms with Crippen molar-refractivity contribution in [1.29, 1.82) is 0 Å². The third-order valence-electron chi connectivity index (χ3n) is 5.27. The van der Waals surface area contributed by atoms with Crippen LogP contribution in [0.1, 0.15) is 59.6 Å². The summed E-state index contributed by atoms with van der Waals surface area (Å²) in [6.45, 7) is 5.55. The molecule has 1 aliphatic heterocycles. The highest BCUT2D eigenvalue weighted by molar-refractivity contribution is 6.03. The van der Waals surface area contributed by atoms with Crippen LogP contribution in [-0.4, -0.2) is 41.4 Å². The molecule has 2 atom stereocenters. The highest BCUT2D eigenvalue weighted by atomic mass is 16.5. The lowest BCUT2D eigenvalue weighted by Crippen LogP contribution is -2.49. The molecule has 1 aliphatic rings. The second kappa shape index (κ2) is 8.94. The van der Waals surface area contributed by atoms with Crippen molar-refractivity contribution in [2.45, 2.75) is 52.1 Å². The fourth-order valence-electron chi connectivity index (χ4n) is 3.67. The van der Waals surface area contributed by atoms with E-state index in [2.05, 4.69) is 5.32 Å². The molecule has 154 valence electrons. The van der Waals surface area contributed by atoms with E-state index >= 15 is 0 Å². The van der Waals surface area contributed by atoms with Gasteiger partial charge in [0.15, 0.2) is 12.4 Å². The summed E-state index contributed by atoms with van der Waals surface area (Å²) in [4.78, 5) is 39.0. The number of benzene rings is 1. The van der Waals surface area contributed by atoms with Crippen molar-refractivity contribution < 1.29 is 23.5 Å². The summed E-state index contributed by atoms with van der Waals surface area (Å²) in [7, 11) is 0. The molecule has 1 saturated heterocycles. The minimum atomic E-state index is -0.607. The number of aryl methyl sites for hydroxylation is 1. The van der Waals surface area contributed by atoms with Crippen LogP contribution in [0.25, 0.3) is 0 Å². The first-order valence-electron chi connectivity index (χ1n) is 9.80. The second-order valence-corrected chi connectivity index (χ2v) is 7.47. The van der Waals surface area contributed by atoms with Gasteiger partial charge >= 0.3 is 5.97 Å². The molecule has 3 rings (SSSR count). The highest BCUT2D eigenvalue weighted by Crippen LogP contribution is 2.23. The third kappa shape index (κ3) is 4.85. The van der Waals surface area contributed by atoms with Crippen LogP contribution in [0.2, 0.25) is 0 Å². The predicted molar refractivity (Wildman–Crippen MR) is 108 cm³/mol. The molecule has 7 nitrogen and oxygen atoms in total. The Balaban J connectivity index is 1.63. The quantitative estimate of drug-likeness (QED) is 0.774. The number of anilines is 1. The largest absolute Gasteiger partial charge is 0.459 e. The number of likely N-dealkylation sites (tertiary alicyclic amines) is 1. The first-order valence-corrected chi connectivity index (χ1v) is 9.80. The van der Waals surface area contributed by atoms with Crippen LogP contribution < -0.4 is 5.32 Å². The number of carbonyl (C=O) groups excluding carboxylic acids is 3. The van der Waals surface area contributed by atoms with Gasteiger partial charge in [0.25, 0.3) is 11.8 Å². The van der Waals surface area contributed by atoms with Crippen molar-refractivity contribution in [1.82, 2.24) is 4.90 Å². The zero-order chi connectivity index (χ0) is 21.0. The number of hydrogen-bond acceptors (Lipinski definition) is 5. The number of piperidine rings is 1. The Morgan fingerprint density at radius 1 is 1.17 bits per heavy atom. The lowest BCUT2D eigenvalue weighted by molar-refractivity contribution is -0.140. The molecule has 0 bridgehead atoms. The molecule has 1 N–H and O–H groups in total. The van der Waals surface area contributed by atoms with Gasteiger partial charge in [-0.05, 0) is 69.9 Å². The maximum absolute atomic E-state index is 12.5. The summed E-state index contributed by atoms with van der Waals surface area (Å²) < 4.78 is 10.3. The van der Waals surface area contributed by atoms with E-state index in [0.717, 1.165) is 24.8 Å². The van der Waals surface area contributed by atoms with Crippen LogP contribution in [0.5, 0.6) is 0 Å². The van der Waals surface area contributed by atoms with Crippen LogP contribution in [0.15, 0.2) is 41.0 Å². The van der Waals surface area contributed by atoms with E-state index in [-0.39, 0.29) is 35.9 Å². The Hall–Kier alpha value is -3.09. The zero-order valence-corrected chi connectivity index (χ0v) is 16.9. The molecule has 0 unspecified atom stereocenters. The Labute approximate surface area is 170 Å². The van der Waals surface area contributed by atoms with Gasteiger partial charge in [-0.1, -0.05) is 6.07 Å². The molecule has 0 aliphatic carbocycles. The Kier molecular flexibility index (Phi) is 6.36. The van der Waals surface area contributed by atoms with E-state index in [1.54, 1.807) is 29.2 Å². The van der Waals surface area contributed by atoms with Gasteiger partial charge in [-0.15, -0.1) is 0 Å². The average Bonchev–Trinajstić information content (AvgIpc) is 3.22. The minimum Gasteiger partial charge on any atom is -0.459 e. The molecular weight excluding hydrogens is 372 g/mol. The number of hydrogen-bond donors (Lipinski definition) is 1. The van der Waals surface area contributed by atoms with Crippen molar-refractivity contribution >= 4 is 23.5 Å². The SMILES string of the molecule is Cc1ccc(C(=O)OCC(=O)N2[C@H](C)CCC[C@H]2C)cc1NC(=O)c1ccco1. The van der Waals surface area contributed by atoms with Crippen LogP contribution in [0.4, 0.5) is 5.69 Å². The van der Waals surface area contributed by atoms with Crippen molar-refractivity contribution in [2.24, 2.45) is 0 Å². The number of ether oxygens (including phenoxy) is 1. The van der Waals surface area contributed by atoms with Gasteiger partial charge in [0.1, 0.15) is 0 Å². The summed E-state index contributed by atoms with van der Waals surface area (Å²) in [6, 6.07) is 8.32. The molecule has 29 heavy (non-hydrogen) atoms. The molecule has 7 heteroatoms. The van der Waals surface area contributed by atoms with Gasteiger partial charge in [-0.3, -0.25) is 9.59 Å². The Morgan fingerprint density at radius 2 is 1.90 bits per heavy atom. The fraction of sp³-hybridized carbons (Fsp3) is 0.409. The van der Waals surface area contributed by atoms with Crippen LogP contribution in [0, 0.1) is 6.92 Å². The molecule has 1 aromatic carbocycles. The number of rotatable bonds is 5. The van der Waals surface area contributed by atoms with E-state index in [1.165, 1.54) is 12.3 Å². The third-order valence-corrected chi connectivity index (χ3v) is 5.27. The van der Waals surface area contributed by atoms with Gasteiger partial charge in [0.05, 0.1) is 11.8 Å². The van der Waals surface area contributed by atoms with Crippen LogP contribution >= 0.6 is 0 Å². The van der Waals surface area contributed by atoms with E-state index in [9.17, 15) is 14.4 Å². The predicted octanol–water partition coefficient (Wildman–Crippen LogP) is 3.79. The normalized spacial score (nSPS) is 18.9. The lowest BCUT2D eigenvalue weighted by atomic mass is 9.97. The van der Waals surface area contributed by atoms with Gasteiger partial charge in [0.2, 0.25) is 0 Å². The topological polar surface area (TPSA) is 88.9 Å². The molecule has 2 amide bonds. The summed E-state index contributed by atoms with van der Waals surface area (Å²) in [5.41, 5.74) is 1.52. The van der Waals surface area contributed by atoms with E-state index < -0.39 is 11.9 Å². The second-order valence-electron chi connectivity index (χ2n) is 7.47.